The molecule has 168 valence electrons. The van der Waals surface area contributed by atoms with Gasteiger partial charge in [-0.15, -0.1) is 11.3 Å². The molecule has 1 saturated carbocycles. The number of rotatable bonds is 7. The van der Waals surface area contributed by atoms with E-state index in [9.17, 15) is 4.79 Å². The number of ether oxygens (including phenoxy) is 1. The van der Waals surface area contributed by atoms with E-state index in [1.165, 1.54) is 24.1 Å². The number of carbonyl (C=O) groups excluding carboxylic acids is 1. The van der Waals surface area contributed by atoms with Gasteiger partial charge in [-0.2, -0.15) is 0 Å². The van der Waals surface area contributed by atoms with Crippen LogP contribution in [-0.2, 0) is 4.79 Å². The van der Waals surface area contributed by atoms with Crippen molar-refractivity contribution in [2.45, 2.75) is 51.1 Å². The maximum absolute atomic E-state index is 12.9. The third-order valence-corrected chi connectivity index (χ3v) is 7.73. The number of benzene rings is 1. The number of nitrogens with one attached hydrogen (secondary N) is 1. The fraction of sp³-hybridized carbons (Fsp3) is 0.560. The van der Waals surface area contributed by atoms with Crippen LogP contribution >= 0.6 is 11.3 Å². The molecule has 0 unspecified atom stereocenters. The molecule has 2 aromatic rings. The maximum atomic E-state index is 12.9. The lowest BCUT2D eigenvalue weighted by Gasteiger charge is -2.42. The summed E-state index contributed by atoms with van der Waals surface area (Å²) in [5, 5.41) is 5.53. The molecule has 2 heterocycles. The highest BCUT2D eigenvalue weighted by Crippen LogP contribution is 2.33. The summed E-state index contributed by atoms with van der Waals surface area (Å²) in [4.78, 5) is 19.2. The van der Waals surface area contributed by atoms with Gasteiger partial charge in [-0.05, 0) is 43.3 Å². The molecule has 1 aromatic heterocycles. The van der Waals surface area contributed by atoms with Gasteiger partial charge in [0.25, 0.3) is 0 Å². The number of amides is 1. The van der Waals surface area contributed by atoms with Crippen molar-refractivity contribution in [2.24, 2.45) is 5.92 Å². The molecule has 0 spiro atoms. The van der Waals surface area contributed by atoms with Crippen LogP contribution in [0.15, 0.2) is 41.8 Å². The Bertz CT molecular complexity index is 827. The van der Waals surface area contributed by atoms with Crippen molar-refractivity contribution in [2.75, 3.05) is 38.2 Å². The van der Waals surface area contributed by atoms with Gasteiger partial charge in [-0.1, -0.05) is 37.5 Å². The lowest BCUT2D eigenvalue weighted by Crippen LogP contribution is -2.53. The van der Waals surface area contributed by atoms with Gasteiger partial charge < -0.3 is 15.0 Å². The van der Waals surface area contributed by atoms with Crippen molar-refractivity contribution in [1.29, 1.82) is 0 Å². The minimum atomic E-state index is 0.0888. The van der Waals surface area contributed by atoms with Crippen LogP contribution in [0.4, 0.5) is 5.69 Å². The van der Waals surface area contributed by atoms with Gasteiger partial charge in [-0.3, -0.25) is 9.69 Å². The normalized spacial score (nSPS) is 20.3. The number of anilines is 1. The molecule has 1 aromatic carbocycles. The van der Waals surface area contributed by atoms with E-state index in [1.807, 2.05) is 12.1 Å². The zero-order valence-corrected chi connectivity index (χ0v) is 19.6. The van der Waals surface area contributed by atoms with Gasteiger partial charge in [0.2, 0.25) is 5.91 Å². The largest absolute Gasteiger partial charge is 0.495 e. The Balaban J connectivity index is 1.43. The van der Waals surface area contributed by atoms with Crippen LogP contribution in [0.3, 0.4) is 0 Å². The molecule has 1 aliphatic heterocycles. The van der Waals surface area contributed by atoms with E-state index < -0.39 is 0 Å². The molecule has 1 aliphatic carbocycles. The summed E-state index contributed by atoms with van der Waals surface area (Å²) in [6.45, 7) is 6.00. The number of piperazine rings is 1. The molecular weight excluding hydrogens is 406 g/mol. The fourth-order valence-corrected chi connectivity index (χ4v) is 6.08. The van der Waals surface area contributed by atoms with Crippen LogP contribution in [-0.4, -0.2) is 50.1 Å². The molecular formula is C25H35N3O2S. The summed E-state index contributed by atoms with van der Waals surface area (Å²) in [6.07, 6.45) is 5.73. The van der Waals surface area contributed by atoms with E-state index in [1.54, 1.807) is 18.4 Å². The van der Waals surface area contributed by atoms with Crippen LogP contribution in [0.2, 0.25) is 0 Å². The molecule has 1 N–H and O–H groups in total. The number of nitrogens with zero attached hydrogens (tertiary/aromatic N) is 2. The lowest BCUT2D eigenvalue weighted by molar-refractivity contribution is -0.127. The zero-order chi connectivity index (χ0) is 21.6. The first kappa shape index (κ1) is 22.2. The summed E-state index contributed by atoms with van der Waals surface area (Å²) in [6, 6.07) is 12.9. The third-order valence-electron chi connectivity index (χ3n) is 6.79. The second-order valence-corrected chi connectivity index (χ2v) is 9.77. The molecule has 1 saturated heterocycles. The van der Waals surface area contributed by atoms with Crippen molar-refractivity contribution < 1.29 is 9.53 Å². The predicted octanol–water partition coefficient (Wildman–Crippen LogP) is 4.71. The molecule has 5 nitrogen and oxygen atoms in total. The van der Waals surface area contributed by atoms with Gasteiger partial charge in [0, 0.05) is 43.0 Å². The van der Waals surface area contributed by atoms with Crippen LogP contribution in [0, 0.1) is 5.92 Å². The minimum Gasteiger partial charge on any atom is -0.495 e. The van der Waals surface area contributed by atoms with E-state index in [4.69, 9.17) is 4.74 Å². The van der Waals surface area contributed by atoms with E-state index in [0.29, 0.717) is 0 Å². The van der Waals surface area contributed by atoms with Gasteiger partial charge in [0.05, 0.1) is 18.8 Å². The van der Waals surface area contributed by atoms with E-state index >= 15 is 0 Å². The number of methoxy groups -OCH3 is 1. The Kier molecular flexibility index (Phi) is 7.51. The van der Waals surface area contributed by atoms with Crippen molar-refractivity contribution in [3.8, 4) is 5.75 Å². The van der Waals surface area contributed by atoms with E-state index in [0.717, 1.165) is 50.5 Å². The monoisotopic (exact) mass is 441 g/mol. The first-order valence-electron chi connectivity index (χ1n) is 11.6. The number of hydrogen-bond donors (Lipinski definition) is 1. The Labute approximate surface area is 190 Å². The number of thiophene rings is 1. The molecule has 2 atom stereocenters. The Morgan fingerprint density at radius 3 is 2.48 bits per heavy atom. The van der Waals surface area contributed by atoms with Crippen molar-refractivity contribution in [3.63, 3.8) is 0 Å². The average Bonchev–Trinajstić information content (AvgIpc) is 3.34. The summed E-state index contributed by atoms with van der Waals surface area (Å²) >= 11 is 1.79. The minimum absolute atomic E-state index is 0.0888. The molecule has 0 radical (unpaired) electrons. The Morgan fingerprint density at radius 1 is 1.06 bits per heavy atom. The molecule has 1 amide bonds. The summed E-state index contributed by atoms with van der Waals surface area (Å²) in [5.74, 6) is 1.38. The van der Waals surface area contributed by atoms with Gasteiger partial charge in [-0.25, -0.2) is 0 Å². The molecule has 0 bridgehead atoms. The van der Waals surface area contributed by atoms with Gasteiger partial charge >= 0.3 is 0 Å². The van der Waals surface area contributed by atoms with Crippen LogP contribution in [0.1, 0.15) is 49.9 Å². The Hall–Kier alpha value is -2.05. The SMILES string of the molecule is COc1ccccc1N1CCN([C@H](c2cccs2)[C@H](C)NC(=O)C2CCCCC2)CC1. The van der Waals surface area contributed by atoms with Crippen LogP contribution in [0.5, 0.6) is 5.75 Å². The smallest absolute Gasteiger partial charge is 0.223 e. The second-order valence-electron chi connectivity index (χ2n) is 8.79. The summed E-state index contributed by atoms with van der Waals surface area (Å²) < 4.78 is 5.57. The molecule has 2 aliphatic rings. The van der Waals surface area contributed by atoms with Crippen molar-refractivity contribution >= 4 is 22.9 Å². The van der Waals surface area contributed by atoms with E-state index in [-0.39, 0.29) is 23.9 Å². The standard InChI is InChI=1S/C25H35N3O2S/c1-19(26-25(29)20-9-4-3-5-10-20)24(23-13-8-18-31-23)28-16-14-27(15-17-28)21-11-6-7-12-22(21)30-2/h6-8,11-13,18-20,24H,3-5,9-10,14-17H2,1-2H3,(H,26,29)/t19-,24-/m0/s1. The number of carbonyl (C=O) groups is 1. The van der Waals surface area contributed by atoms with Crippen molar-refractivity contribution in [3.05, 3.63) is 46.7 Å². The number of hydrogen-bond acceptors (Lipinski definition) is 5. The highest BCUT2D eigenvalue weighted by Gasteiger charge is 2.32. The number of para-hydroxylation sites is 2. The molecule has 2 fully saturated rings. The molecule has 6 heteroatoms. The average molecular weight is 442 g/mol. The Morgan fingerprint density at radius 2 is 1.81 bits per heavy atom. The van der Waals surface area contributed by atoms with Gasteiger partial charge in [0.15, 0.2) is 0 Å². The first-order chi connectivity index (χ1) is 15.2. The highest BCUT2D eigenvalue weighted by atomic mass is 32.1. The molecule has 31 heavy (non-hydrogen) atoms. The highest BCUT2D eigenvalue weighted by molar-refractivity contribution is 7.10. The molecule has 4 rings (SSSR count). The second kappa shape index (κ2) is 10.5. The lowest BCUT2D eigenvalue weighted by atomic mass is 9.88. The first-order valence-corrected chi connectivity index (χ1v) is 12.5. The predicted molar refractivity (Wildman–Crippen MR) is 128 cm³/mol. The van der Waals surface area contributed by atoms with Crippen LogP contribution in [0.25, 0.3) is 0 Å². The van der Waals surface area contributed by atoms with Gasteiger partial charge in [0.1, 0.15) is 5.75 Å². The zero-order valence-electron chi connectivity index (χ0n) is 18.8. The summed E-state index contributed by atoms with van der Waals surface area (Å²) in [5.41, 5.74) is 1.16. The van der Waals surface area contributed by atoms with Crippen LogP contribution < -0.4 is 15.0 Å². The van der Waals surface area contributed by atoms with E-state index in [2.05, 4.69) is 51.7 Å². The summed E-state index contributed by atoms with van der Waals surface area (Å²) in [7, 11) is 1.73. The quantitative estimate of drug-likeness (QED) is 0.676. The maximum Gasteiger partial charge on any atom is 0.223 e. The van der Waals surface area contributed by atoms with Crippen molar-refractivity contribution in [1.82, 2.24) is 10.2 Å². The third kappa shape index (κ3) is 5.24. The topological polar surface area (TPSA) is 44.8 Å². The fourth-order valence-electron chi connectivity index (χ4n) is 5.12.